The molecule has 3 rings (SSSR count). The molecule has 1 fully saturated rings. The normalized spacial score (nSPS) is 15.0. The number of likely N-dealkylation sites (tertiary alicyclic amines) is 1. The van der Waals surface area contributed by atoms with E-state index in [0.29, 0.717) is 25.6 Å². The van der Waals surface area contributed by atoms with Crippen LogP contribution in [0.5, 0.6) is 0 Å². The summed E-state index contributed by atoms with van der Waals surface area (Å²) in [5.74, 6) is -0.301. The highest BCUT2D eigenvalue weighted by atomic mass is 19.1. The summed E-state index contributed by atoms with van der Waals surface area (Å²) in [6.07, 6.45) is 1.72. The van der Waals surface area contributed by atoms with E-state index in [1.165, 1.54) is 17.7 Å². The fourth-order valence-electron chi connectivity index (χ4n) is 3.58. The Morgan fingerprint density at radius 3 is 2.56 bits per heavy atom. The number of rotatable bonds is 5. The molecule has 5 nitrogen and oxygen atoms in total. The highest BCUT2D eigenvalue weighted by molar-refractivity contribution is 6.58. The zero-order chi connectivity index (χ0) is 19.4. The van der Waals surface area contributed by atoms with Crippen molar-refractivity contribution >= 4 is 18.5 Å². The van der Waals surface area contributed by atoms with Crippen molar-refractivity contribution in [1.82, 2.24) is 4.90 Å². The molecule has 0 spiro atoms. The maximum absolute atomic E-state index is 14.1. The molecule has 1 amide bonds. The first-order valence-corrected chi connectivity index (χ1v) is 9.19. The highest BCUT2D eigenvalue weighted by Crippen LogP contribution is 2.28. The quantitative estimate of drug-likeness (QED) is 0.683. The van der Waals surface area contributed by atoms with Gasteiger partial charge in [-0.05, 0) is 47.0 Å². The van der Waals surface area contributed by atoms with Gasteiger partial charge < -0.3 is 20.7 Å². The van der Waals surface area contributed by atoms with Crippen LogP contribution in [0.4, 0.5) is 4.39 Å². The van der Waals surface area contributed by atoms with Crippen LogP contribution in [0.15, 0.2) is 42.5 Å². The van der Waals surface area contributed by atoms with Gasteiger partial charge in [0.05, 0.1) is 6.42 Å². The van der Waals surface area contributed by atoms with Gasteiger partial charge in [0.1, 0.15) is 5.82 Å². The third kappa shape index (κ3) is 4.74. The van der Waals surface area contributed by atoms with Crippen molar-refractivity contribution in [2.45, 2.75) is 31.7 Å². The number of carbonyl (C=O) groups excluding carboxylic acids is 1. The molecule has 0 aliphatic carbocycles. The van der Waals surface area contributed by atoms with E-state index in [0.717, 1.165) is 24.5 Å². The van der Waals surface area contributed by atoms with Gasteiger partial charge in [0, 0.05) is 19.6 Å². The van der Waals surface area contributed by atoms with E-state index in [-0.39, 0.29) is 23.4 Å². The molecule has 2 aromatic rings. The minimum atomic E-state index is -1.72. The predicted octanol–water partition coefficient (Wildman–Crippen LogP) is 0.913. The van der Waals surface area contributed by atoms with Crippen molar-refractivity contribution in [1.29, 1.82) is 0 Å². The molecule has 0 bridgehead atoms. The number of nitrogens with zero attached hydrogens (tertiary/aromatic N) is 1. The number of nitrogens with two attached hydrogens (primary N) is 1. The predicted molar refractivity (Wildman–Crippen MR) is 103 cm³/mol. The molecule has 1 saturated heterocycles. The SMILES string of the molecule is NCc1cccc(C2CCN(C(=O)Cc3ccc(B(O)O)cc3F)CC2)c1. The number of carbonyl (C=O) groups is 1. The molecular formula is C20H24BFN2O3. The van der Waals surface area contributed by atoms with Gasteiger partial charge in [0.25, 0.3) is 0 Å². The second kappa shape index (κ2) is 8.65. The number of amides is 1. The van der Waals surface area contributed by atoms with Gasteiger partial charge >= 0.3 is 7.12 Å². The summed E-state index contributed by atoms with van der Waals surface area (Å²) in [5, 5.41) is 18.2. The first-order chi connectivity index (χ1) is 13.0. The van der Waals surface area contributed by atoms with Gasteiger partial charge in [0.15, 0.2) is 0 Å². The number of hydrogen-bond acceptors (Lipinski definition) is 4. The van der Waals surface area contributed by atoms with E-state index >= 15 is 0 Å². The maximum Gasteiger partial charge on any atom is 0.488 e. The van der Waals surface area contributed by atoms with Crippen LogP contribution in [0.1, 0.15) is 35.4 Å². The van der Waals surface area contributed by atoms with Crippen molar-refractivity contribution < 1.29 is 19.2 Å². The lowest BCUT2D eigenvalue weighted by Crippen LogP contribution is -2.39. The zero-order valence-electron chi connectivity index (χ0n) is 15.1. The lowest BCUT2D eigenvalue weighted by molar-refractivity contribution is -0.131. The smallest absolute Gasteiger partial charge is 0.423 e. The topological polar surface area (TPSA) is 86.8 Å². The Hall–Kier alpha value is -2.22. The Morgan fingerprint density at radius 2 is 1.93 bits per heavy atom. The first-order valence-electron chi connectivity index (χ1n) is 9.19. The minimum absolute atomic E-state index is 0.0268. The van der Waals surface area contributed by atoms with E-state index < -0.39 is 12.9 Å². The fraction of sp³-hybridized carbons (Fsp3) is 0.350. The number of benzene rings is 2. The average molecular weight is 370 g/mol. The molecule has 7 heteroatoms. The van der Waals surface area contributed by atoms with Gasteiger partial charge in [-0.2, -0.15) is 0 Å². The third-order valence-corrected chi connectivity index (χ3v) is 5.22. The molecule has 0 radical (unpaired) electrons. The summed E-state index contributed by atoms with van der Waals surface area (Å²) in [7, 11) is -1.72. The second-order valence-electron chi connectivity index (χ2n) is 7.01. The largest absolute Gasteiger partial charge is 0.488 e. The van der Waals surface area contributed by atoms with Crippen molar-refractivity contribution in [3.8, 4) is 0 Å². The Labute approximate surface area is 158 Å². The lowest BCUT2D eigenvalue weighted by Gasteiger charge is -2.32. The van der Waals surface area contributed by atoms with E-state index in [2.05, 4.69) is 12.1 Å². The molecule has 27 heavy (non-hydrogen) atoms. The Kier molecular flexibility index (Phi) is 6.26. The summed E-state index contributed by atoms with van der Waals surface area (Å²) in [6.45, 7) is 1.81. The number of piperidine rings is 1. The molecule has 1 heterocycles. The summed E-state index contributed by atoms with van der Waals surface area (Å²) in [6, 6.07) is 12.2. The van der Waals surface area contributed by atoms with Crippen molar-refractivity contribution in [3.05, 3.63) is 65.0 Å². The van der Waals surface area contributed by atoms with Gasteiger partial charge in [-0.1, -0.05) is 36.4 Å². The Bertz CT molecular complexity index is 808. The molecule has 1 aliphatic heterocycles. The number of halogens is 1. The second-order valence-corrected chi connectivity index (χ2v) is 7.01. The summed E-state index contributed by atoms with van der Waals surface area (Å²) in [5.41, 5.74) is 8.42. The molecule has 2 aromatic carbocycles. The molecule has 0 unspecified atom stereocenters. The molecule has 0 atom stereocenters. The van der Waals surface area contributed by atoms with Crippen LogP contribution in [0.25, 0.3) is 0 Å². The van der Waals surface area contributed by atoms with Crippen molar-refractivity contribution in [3.63, 3.8) is 0 Å². The average Bonchev–Trinajstić information content (AvgIpc) is 2.69. The van der Waals surface area contributed by atoms with Crippen LogP contribution in [-0.4, -0.2) is 41.1 Å². The van der Waals surface area contributed by atoms with E-state index in [1.807, 2.05) is 12.1 Å². The standard InChI is InChI=1S/C20H24BFN2O3/c22-19-12-18(21(26)27)5-4-17(19)11-20(25)24-8-6-15(7-9-24)16-3-1-2-14(10-16)13-23/h1-5,10,12,15,26-27H,6-9,11,13,23H2. The van der Waals surface area contributed by atoms with Crippen LogP contribution in [0.3, 0.4) is 0 Å². The third-order valence-electron chi connectivity index (χ3n) is 5.22. The van der Waals surface area contributed by atoms with E-state index in [9.17, 15) is 9.18 Å². The van der Waals surface area contributed by atoms with Gasteiger partial charge in [0.2, 0.25) is 5.91 Å². The summed E-state index contributed by atoms with van der Waals surface area (Å²) >= 11 is 0. The van der Waals surface area contributed by atoms with Crippen molar-refractivity contribution in [2.75, 3.05) is 13.1 Å². The minimum Gasteiger partial charge on any atom is -0.423 e. The maximum atomic E-state index is 14.1. The van der Waals surface area contributed by atoms with Crippen LogP contribution in [-0.2, 0) is 17.8 Å². The van der Waals surface area contributed by atoms with Crippen LogP contribution >= 0.6 is 0 Å². The number of hydrogen-bond donors (Lipinski definition) is 3. The summed E-state index contributed by atoms with van der Waals surface area (Å²) in [4.78, 5) is 14.3. The molecule has 142 valence electrons. The van der Waals surface area contributed by atoms with Crippen LogP contribution in [0.2, 0.25) is 0 Å². The first kappa shape index (κ1) is 19.5. The van der Waals surface area contributed by atoms with Gasteiger partial charge in [-0.15, -0.1) is 0 Å². The van der Waals surface area contributed by atoms with Crippen molar-refractivity contribution in [2.24, 2.45) is 5.73 Å². The fourth-order valence-corrected chi connectivity index (χ4v) is 3.58. The van der Waals surface area contributed by atoms with E-state index in [4.69, 9.17) is 15.8 Å². The molecular weight excluding hydrogens is 346 g/mol. The summed E-state index contributed by atoms with van der Waals surface area (Å²) < 4.78 is 14.1. The Balaban J connectivity index is 1.58. The monoisotopic (exact) mass is 370 g/mol. The molecule has 0 aromatic heterocycles. The molecule has 4 N–H and O–H groups in total. The van der Waals surface area contributed by atoms with E-state index in [1.54, 1.807) is 4.90 Å². The zero-order valence-corrected chi connectivity index (χ0v) is 15.1. The molecule has 0 saturated carbocycles. The molecule has 1 aliphatic rings. The lowest BCUT2D eigenvalue weighted by atomic mass is 9.80. The van der Waals surface area contributed by atoms with Gasteiger partial charge in [-0.3, -0.25) is 4.79 Å². The van der Waals surface area contributed by atoms with Gasteiger partial charge in [-0.25, -0.2) is 4.39 Å². The van der Waals surface area contributed by atoms with Crippen LogP contribution < -0.4 is 11.2 Å². The Morgan fingerprint density at radius 1 is 1.19 bits per heavy atom. The highest BCUT2D eigenvalue weighted by Gasteiger charge is 2.25. The van der Waals surface area contributed by atoms with Crippen LogP contribution in [0, 0.1) is 5.82 Å².